The van der Waals surface area contributed by atoms with Gasteiger partial charge in [-0.25, -0.2) is 0 Å². The Morgan fingerprint density at radius 3 is 1.94 bits per heavy atom. The van der Waals surface area contributed by atoms with Crippen molar-refractivity contribution in [3.05, 3.63) is 54.1 Å². The summed E-state index contributed by atoms with van der Waals surface area (Å²) in [6, 6.07) is 17.4. The highest BCUT2D eigenvalue weighted by atomic mass is 16.3. The number of benzene rings is 2. The molecule has 2 atom stereocenters. The quantitative estimate of drug-likeness (QED) is 0.622. The van der Waals surface area contributed by atoms with Gasteiger partial charge in [-0.2, -0.15) is 0 Å². The average molecular weight is 450 g/mol. The van der Waals surface area contributed by atoms with Crippen molar-refractivity contribution in [2.24, 2.45) is 0 Å². The molecule has 7 nitrogen and oxygen atoms in total. The molecule has 3 aliphatic heterocycles. The maximum absolute atomic E-state index is 12.2. The normalized spacial score (nSPS) is 25.2. The predicted molar refractivity (Wildman–Crippen MR) is 132 cm³/mol. The number of piperidine rings is 2. The van der Waals surface area contributed by atoms with Gasteiger partial charge in [0.2, 0.25) is 5.91 Å². The van der Waals surface area contributed by atoms with Crippen LogP contribution in [0.25, 0.3) is 0 Å². The van der Waals surface area contributed by atoms with E-state index in [-0.39, 0.29) is 11.8 Å². The molecule has 3 fully saturated rings. The molecule has 3 aliphatic rings. The Morgan fingerprint density at radius 2 is 1.33 bits per heavy atom. The van der Waals surface area contributed by atoms with E-state index in [4.69, 9.17) is 5.73 Å². The monoisotopic (exact) mass is 449 g/mol. The van der Waals surface area contributed by atoms with Crippen molar-refractivity contribution in [2.75, 3.05) is 54.8 Å². The minimum Gasteiger partial charge on any atom is -0.399 e. The fourth-order valence-electron chi connectivity index (χ4n) is 5.55. The van der Waals surface area contributed by atoms with Crippen LogP contribution in [-0.2, 0) is 4.79 Å². The molecule has 3 saturated heterocycles. The number of nitrogen functional groups attached to an aromatic ring is 1. The van der Waals surface area contributed by atoms with Crippen molar-refractivity contribution in [3.8, 4) is 0 Å². The fourth-order valence-corrected chi connectivity index (χ4v) is 5.55. The summed E-state index contributed by atoms with van der Waals surface area (Å²) in [5.74, 6) is -0.226. The van der Waals surface area contributed by atoms with Gasteiger partial charge in [-0.3, -0.25) is 9.69 Å². The van der Waals surface area contributed by atoms with E-state index in [0.717, 1.165) is 50.5 Å². The first kappa shape index (κ1) is 22.0. The zero-order valence-electron chi connectivity index (χ0n) is 19.2. The largest absolute Gasteiger partial charge is 0.399 e. The molecule has 0 radical (unpaired) electrons. The van der Waals surface area contributed by atoms with Gasteiger partial charge in [-0.05, 0) is 67.6 Å². The second kappa shape index (κ2) is 9.61. The maximum atomic E-state index is 12.2. The van der Waals surface area contributed by atoms with Crippen molar-refractivity contribution >= 4 is 23.0 Å². The SMILES string of the molecule is Nc1ccc(N2CCC(N3CCN(c4ccc(C5CCC(O)NC5=O)cc4)CC3)CC2)cc1. The molecule has 5 rings (SSSR count). The molecule has 33 heavy (non-hydrogen) atoms. The van der Waals surface area contributed by atoms with Crippen LogP contribution in [0.4, 0.5) is 17.1 Å². The van der Waals surface area contributed by atoms with Gasteiger partial charge in [0.1, 0.15) is 6.23 Å². The molecule has 3 heterocycles. The van der Waals surface area contributed by atoms with Gasteiger partial charge >= 0.3 is 0 Å². The van der Waals surface area contributed by atoms with Crippen LogP contribution in [0.2, 0.25) is 0 Å². The molecule has 0 bridgehead atoms. The Labute approximate surface area is 196 Å². The average Bonchev–Trinajstić information content (AvgIpc) is 2.85. The molecular formula is C26H35N5O2. The van der Waals surface area contributed by atoms with E-state index in [0.29, 0.717) is 18.9 Å². The van der Waals surface area contributed by atoms with Crippen molar-refractivity contribution in [1.29, 1.82) is 0 Å². The van der Waals surface area contributed by atoms with Gasteiger partial charge in [-0.1, -0.05) is 12.1 Å². The number of nitrogens with two attached hydrogens (primary N) is 1. The number of hydrogen-bond acceptors (Lipinski definition) is 6. The first-order valence-electron chi connectivity index (χ1n) is 12.2. The molecule has 2 aromatic rings. The Morgan fingerprint density at radius 1 is 0.758 bits per heavy atom. The van der Waals surface area contributed by atoms with Gasteiger partial charge in [0.15, 0.2) is 0 Å². The number of rotatable bonds is 4. The zero-order chi connectivity index (χ0) is 22.8. The summed E-state index contributed by atoms with van der Waals surface area (Å²) >= 11 is 0. The van der Waals surface area contributed by atoms with Crippen molar-refractivity contribution in [3.63, 3.8) is 0 Å². The third-order valence-electron chi connectivity index (χ3n) is 7.57. The summed E-state index contributed by atoms with van der Waals surface area (Å²) < 4.78 is 0. The number of nitrogens with one attached hydrogen (secondary N) is 1. The van der Waals surface area contributed by atoms with Crippen molar-refractivity contribution in [1.82, 2.24) is 10.2 Å². The number of anilines is 3. The lowest BCUT2D eigenvalue weighted by molar-refractivity contribution is -0.128. The Balaban J connectivity index is 1.11. The highest BCUT2D eigenvalue weighted by Crippen LogP contribution is 2.29. The molecule has 2 aromatic carbocycles. The molecule has 0 aromatic heterocycles. The summed E-state index contributed by atoms with van der Waals surface area (Å²) in [7, 11) is 0. The topological polar surface area (TPSA) is 85.1 Å². The van der Waals surface area contributed by atoms with Crippen LogP contribution in [0.15, 0.2) is 48.5 Å². The van der Waals surface area contributed by atoms with Crippen molar-refractivity contribution in [2.45, 2.75) is 43.9 Å². The van der Waals surface area contributed by atoms with E-state index < -0.39 is 6.23 Å². The minimum absolute atomic E-state index is 0.0717. The van der Waals surface area contributed by atoms with Crippen LogP contribution in [0, 0.1) is 0 Å². The van der Waals surface area contributed by atoms with Crippen LogP contribution in [0.5, 0.6) is 0 Å². The van der Waals surface area contributed by atoms with Gasteiger partial charge in [-0.15, -0.1) is 0 Å². The Bertz CT molecular complexity index is 932. The predicted octanol–water partition coefficient (Wildman–Crippen LogP) is 2.37. The number of piperazine rings is 1. The van der Waals surface area contributed by atoms with E-state index in [2.05, 4.69) is 56.4 Å². The van der Waals surface area contributed by atoms with Gasteiger partial charge < -0.3 is 26.0 Å². The maximum Gasteiger partial charge on any atom is 0.229 e. The lowest BCUT2D eigenvalue weighted by Crippen LogP contribution is -2.53. The summed E-state index contributed by atoms with van der Waals surface area (Å²) in [6.07, 6.45) is 3.02. The summed E-state index contributed by atoms with van der Waals surface area (Å²) in [5.41, 5.74) is 10.2. The van der Waals surface area contributed by atoms with Gasteiger partial charge in [0, 0.05) is 62.4 Å². The van der Waals surface area contributed by atoms with Gasteiger partial charge in [0.05, 0.1) is 5.92 Å². The van der Waals surface area contributed by atoms with Crippen LogP contribution in [0.3, 0.4) is 0 Å². The first-order valence-corrected chi connectivity index (χ1v) is 12.2. The molecule has 1 amide bonds. The zero-order valence-corrected chi connectivity index (χ0v) is 19.2. The third kappa shape index (κ3) is 4.94. The number of nitrogens with zero attached hydrogens (tertiary/aromatic N) is 3. The number of aliphatic hydroxyl groups is 1. The number of hydrogen-bond donors (Lipinski definition) is 3. The lowest BCUT2D eigenvalue weighted by atomic mass is 9.90. The molecule has 0 aliphatic carbocycles. The van der Waals surface area contributed by atoms with Crippen LogP contribution in [0.1, 0.15) is 37.2 Å². The molecule has 7 heteroatoms. The molecule has 0 spiro atoms. The third-order valence-corrected chi connectivity index (χ3v) is 7.57. The summed E-state index contributed by atoms with van der Waals surface area (Å²) in [5, 5.41) is 12.2. The highest BCUT2D eigenvalue weighted by molar-refractivity contribution is 5.84. The Kier molecular flexibility index (Phi) is 6.42. The highest BCUT2D eigenvalue weighted by Gasteiger charge is 2.29. The second-order valence-electron chi connectivity index (χ2n) is 9.58. The van der Waals surface area contributed by atoms with Crippen LogP contribution >= 0.6 is 0 Å². The van der Waals surface area contributed by atoms with E-state index in [1.807, 2.05) is 12.1 Å². The molecule has 2 unspecified atom stereocenters. The summed E-state index contributed by atoms with van der Waals surface area (Å²) in [6.45, 7) is 6.46. The first-order chi connectivity index (χ1) is 16.1. The standard InChI is InChI=1S/C26H35N5O2/c27-20-3-7-22(8-4-20)29-13-11-23(12-14-29)31-17-15-30(16-18-31)21-5-1-19(2-6-21)24-9-10-25(32)28-26(24)33/h1-8,23-25,32H,9-18,27H2,(H,28,33). The minimum atomic E-state index is -0.700. The molecule has 4 N–H and O–H groups in total. The van der Waals surface area contributed by atoms with E-state index in [9.17, 15) is 9.90 Å². The molecular weight excluding hydrogens is 414 g/mol. The second-order valence-corrected chi connectivity index (χ2v) is 9.58. The number of amides is 1. The van der Waals surface area contributed by atoms with Crippen molar-refractivity contribution < 1.29 is 9.90 Å². The number of aliphatic hydroxyl groups excluding tert-OH is 1. The van der Waals surface area contributed by atoms with Crippen LogP contribution < -0.4 is 20.9 Å². The van der Waals surface area contributed by atoms with Crippen LogP contribution in [-0.4, -0.2) is 67.5 Å². The fraction of sp³-hybridized carbons (Fsp3) is 0.500. The van der Waals surface area contributed by atoms with E-state index >= 15 is 0 Å². The lowest BCUT2D eigenvalue weighted by Gasteiger charge is -2.44. The number of carbonyl (C=O) groups excluding carboxylic acids is 1. The molecule has 0 saturated carbocycles. The van der Waals surface area contributed by atoms with E-state index in [1.165, 1.54) is 24.2 Å². The number of carbonyl (C=O) groups is 1. The summed E-state index contributed by atoms with van der Waals surface area (Å²) in [4.78, 5) is 19.8. The van der Waals surface area contributed by atoms with E-state index in [1.54, 1.807) is 0 Å². The molecule has 176 valence electrons. The Hall–Kier alpha value is -2.77. The van der Waals surface area contributed by atoms with Gasteiger partial charge in [0.25, 0.3) is 0 Å². The smallest absolute Gasteiger partial charge is 0.229 e.